The van der Waals surface area contributed by atoms with Crippen molar-refractivity contribution in [2.24, 2.45) is 0 Å². The number of fused-ring (bicyclic) bond motifs is 1. The monoisotopic (exact) mass is 393 g/mol. The highest BCUT2D eigenvalue weighted by atomic mass is 16.5. The molecule has 3 heterocycles. The standard InChI is InChI=1S/C23H27N3O3/c1-3-22(27)26-10-4-5-19(15-26)29-20-12-18(13-24-14-20)16-6-8-21-17(11-16)7-9-23(28)25(21)2/h6,8,11-14,19H,3-5,7,9-10,15H2,1-2H3/t19-/m0/s1. The number of rotatable bonds is 4. The summed E-state index contributed by atoms with van der Waals surface area (Å²) in [5, 5.41) is 0. The topological polar surface area (TPSA) is 62.7 Å². The van der Waals surface area contributed by atoms with E-state index in [0.717, 1.165) is 48.4 Å². The van der Waals surface area contributed by atoms with Gasteiger partial charge in [-0.2, -0.15) is 0 Å². The summed E-state index contributed by atoms with van der Waals surface area (Å²) in [6.07, 6.45) is 7.30. The van der Waals surface area contributed by atoms with Gasteiger partial charge < -0.3 is 14.5 Å². The van der Waals surface area contributed by atoms with Crippen LogP contribution in [0.25, 0.3) is 11.1 Å². The molecular weight excluding hydrogens is 366 g/mol. The van der Waals surface area contributed by atoms with Gasteiger partial charge in [0.25, 0.3) is 0 Å². The van der Waals surface area contributed by atoms with Gasteiger partial charge in [-0.15, -0.1) is 0 Å². The summed E-state index contributed by atoms with van der Waals surface area (Å²) < 4.78 is 6.18. The molecule has 1 fully saturated rings. The van der Waals surface area contributed by atoms with Crippen LogP contribution in [0.4, 0.5) is 5.69 Å². The summed E-state index contributed by atoms with van der Waals surface area (Å²) in [5.41, 5.74) is 4.21. The number of amides is 2. The molecule has 0 bridgehead atoms. The van der Waals surface area contributed by atoms with E-state index in [1.54, 1.807) is 11.1 Å². The molecule has 1 aromatic carbocycles. The Morgan fingerprint density at radius 3 is 2.90 bits per heavy atom. The van der Waals surface area contributed by atoms with Gasteiger partial charge in [-0.05, 0) is 48.6 Å². The zero-order chi connectivity index (χ0) is 20.4. The predicted molar refractivity (Wildman–Crippen MR) is 112 cm³/mol. The predicted octanol–water partition coefficient (Wildman–Crippen LogP) is 3.44. The van der Waals surface area contributed by atoms with Crippen LogP contribution in [0, 0.1) is 0 Å². The molecule has 2 aliphatic heterocycles. The average Bonchev–Trinajstić information content (AvgIpc) is 2.76. The number of nitrogens with zero attached hydrogens (tertiary/aromatic N) is 3. The second-order valence-electron chi connectivity index (χ2n) is 7.78. The zero-order valence-electron chi connectivity index (χ0n) is 17.1. The van der Waals surface area contributed by atoms with Crippen LogP contribution in [0.3, 0.4) is 0 Å². The fourth-order valence-electron chi connectivity index (χ4n) is 4.15. The lowest BCUT2D eigenvalue weighted by Gasteiger charge is -2.32. The molecule has 6 nitrogen and oxygen atoms in total. The molecule has 2 amide bonds. The molecule has 1 saturated heterocycles. The third kappa shape index (κ3) is 4.11. The number of likely N-dealkylation sites (tertiary alicyclic amines) is 1. The van der Waals surface area contributed by atoms with Crippen molar-refractivity contribution in [2.45, 2.75) is 45.1 Å². The number of ether oxygens (including phenoxy) is 1. The molecule has 2 aliphatic rings. The van der Waals surface area contributed by atoms with E-state index in [2.05, 4.69) is 11.1 Å². The number of carbonyl (C=O) groups excluding carboxylic acids is 2. The second-order valence-corrected chi connectivity index (χ2v) is 7.78. The largest absolute Gasteiger partial charge is 0.487 e. The molecule has 0 radical (unpaired) electrons. The van der Waals surface area contributed by atoms with Gasteiger partial charge in [0.05, 0.1) is 12.7 Å². The summed E-state index contributed by atoms with van der Waals surface area (Å²) in [5.74, 6) is 1.07. The van der Waals surface area contributed by atoms with Gasteiger partial charge in [-0.1, -0.05) is 13.0 Å². The first-order chi connectivity index (χ1) is 14.0. The number of pyridine rings is 1. The number of benzene rings is 1. The van der Waals surface area contributed by atoms with Crippen molar-refractivity contribution in [3.8, 4) is 16.9 Å². The Morgan fingerprint density at radius 2 is 2.07 bits per heavy atom. The number of aryl methyl sites for hydroxylation is 1. The Hall–Kier alpha value is -2.89. The molecule has 0 saturated carbocycles. The zero-order valence-corrected chi connectivity index (χ0v) is 17.1. The summed E-state index contributed by atoms with van der Waals surface area (Å²) >= 11 is 0. The number of aromatic nitrogens is 1. The highest BCUT2D eigenvalue weighted by Gasteiger charge is 2.24. The van der Waals surface area contributed by atoms with Crippen LogP contribution in [-0.4, -0.2) is 47.9 Å². The Bertz CT molecular complexity index is 927. The first-order valence-electron chi connectivity index (χ1n) is 10.3. The van der Waals surface area contributed by atoms with Crippen LogP contribution in [0.2, 0.25) is 0 Å². The van der Waals surface area contributed by atoms with Crippen LogP contribution < -0.4 is 9.64 Å². The van der Waals surface area contributed by atoms with Gasteiger partial charge in [-0.25, -0.2) is 0 Å². The van der Waals surface area contributed by atoms with Gasteiger partial charge >= 0.3 is 0 Å². The lowest BCUT2D eigenvalue weighted by Crippen LogP contribution is -2.44. The van der Waals surface area contributed by atoms with E-state index in [-0.39, 0.29) is 17.9 Å². The van der Waals surface area contributed by atoms with Crippen molar-refractivity contribution in [3.05, 3.63) is 42.2 Å². The molecular formula is C23H27N3O3. The molecule has 1 aromatic heterocycles. The fraction of sp³-hybridized carbons (Fsp3) is 0.435. The van der Waals surface area contributed by atoms with Crippen molar-refractivity contribution >= 4 is 17.5 Å². The van der Waals surface area contributed by atoms with E-state index in [0.29, 0.717) is 19.4 Å². The molecule has 29 heavy (non-hydrogen) atoms. The van der Waals surface area contributed by atoms with E-state index in [1.165, 1.54) is 5.56 Å². The van der Waals surface area contributed by atoms with Crippen molar-refractivity contribution < 1.29 is 14.3 Å². The van der Waals surface area contributed by atoms with Crippen molar-refractivity contribution in [1.82, 2.24) is 9.88 Å². The lowest BCUT2D eigenvalue weighted by molar-refractivity contribution is -0.133. The van der Waals surface area contributed by atoms with Crippen molar-refractivity contribution in [1.29, 1.82) is 0 Å². The smallest absolute Gasteiger partial charge is 0.227 e. The first kappa shape index (κ1) is 19.4. The number of piperidine rings is 1. The summed E-state index contributed by atoms with van der Waals surface area (Å²) in [6.45, 7) is 3.35. The van der Waals surface area contributed by atoms with Crippen molar-refractivity contribution in [3.63, 3.8) is 0 Å². The maximum atomic E-state index is 12.0. The van der Waals surface area contributed by atoms with Gasteiger partial charge in [0.15, 0.2) is 0 Å². The van der Waals surface area contributed by atoms with E-state index in [1.807, 2.05) is 43.3 Å². The van der Waals surface area contributed by atoms with E-state index in [9.17, 15) is 9.59 Å². The van der Waals surface area contributed by atoms with Gasteiger partial charge in [0.2, 0.25) is 11.8 Å². The van der Waals surface area contributed by atoms with Crippen LogP contribution in [-0.2, 0) is 16.0 Å². The van der Waals surface area contributed by atoms with Crippen LogP contribution in [0.15, 0.2) is 36.7 Å². The molecule has 0 aliphatic carbocycles. The minimum atomic E-state index is -0.000468. The Balaban J connectivity index is 1.51. The number of hydrogen-bond donors (Lipinski definition) is 0. The second kappa shape index (κ2) is 8.23. The quantitative estimate of drug-likeness (QED) is 0.798. The molecule has 0 N–H and O–H groups in total. The first-order valence-corrected chi connectivity index (χ1v) is 10.3. The van der Waals surface area contributed by atoms with E-state index < -0.39 is 0 Å². The van der Waals surface area contributed by atoms with Crippen molar-refractivity contribution in [2.75, 3.05) is 25.0 Å². The van der Waals surface area contributed by atoms with Gasteiger partial charge in [-0.3, -0.25) is 14.6 Å². The van der Waals surface area contributed by atoms with E-state index in [4.69, 9.17) is 4.74 Å². The molecule has 0 spiro atoms. The summed E-state index contributed by atoms with van der Waals surface area (Å²) in [4.78, 5) is 31.9. The molecule has 2 aromatic rings. The lowest BCUT2D eigenvalue weighted by atomic mass is 9.97. The van der Waals surface area contributed by atoms with Crippen LogP contribution >= 0.6 is 0 Å². The van der Waals surface area contributed by atoms with Crippen LogP contribution in [0.1, 0.15) is 38.2 Å². The molecule has 152 valence electrons. The number of anilines is 1. The highest BCUT2D eigenvalue weighted by molar-refractivity contribution is 5.96. The highest BCUT2D eigenvalue weighted by Crippen LogP contribution is 2.32. The third-order valence-corrected chi connectivity index (χ3v) is 5.81. The SMILES string of the molecule is CCC(=O)N1CCC[C@H](Oc2cncc(-c3ccc4c(c3)CCC(=O)N4C)c2)C1. The molecule has 4 rings (SSSR count). The normalized spacial score (nSPS) is 19.1. The Kier molecular flexibility index (Phi) is 5.51. The van der Waals surface area contributed by atoms with Gasteiger partial charge in [0, 0.05) is 43.9 Å². The molecule has 1 atom stereocenters. The minimum absolute atomic E-state index is 0.000468. The third-order valence-electron chi connectivity index (χ3n) is 5.81. The molecule has 6 heteroatoms. The number of hydrogen-bond acceptors (Lipinski definition) is 4. The maximum absolute atomic E-state index is 12.0. The summed E-state index contributed by atoms with van der Waals surface area (Å²) in [6, 6.07) is 8.18. The fourth-order valence-corrected chi connectivity index (χ4v) is 4.15. The van der Waals surface area contributed by atoms with E-state index >= 15 is 0 Å². The van der Waals surface area contributed by atoms with Gasteiger partial charge in [0.1, 0.15) is 11.9 Å². The summed E-state index contributed by atoms with van der Waals surface area (Å²) in [7, 11) is 1.83. The Labute approximate surface area is 171 Å². The molecule has 0 unspecified atom stereocenters. The van der Waals surface area contributed by atoms with Crippen LogP contribution in [0.5, 0.6) is 5.75 Å². The maximum Gasteiger partial charge on any atom is 0.227 e. The Morgan fingerprint density at radius 1 is 1.21 bits per heavy atom. The number of carbonyl (C=O) groups is 2. The average molecular weight is 393 g/mol. The minimum Gasteiger partial charge on any atom is -0.487 e.